The van der Waals surface area contributed by atoms with Crippen LogP contribution in [0.1, 0.15) is 19.8 Å². The second kappa shape index (κ2) is 4.94. The Labute approximate surface area is 116 Å². The number of benzene rings is 1. The minimum absolute atomic E-state index is 0.0973. The summed E-state index contributed by atoms with van der Waals surface area (Å²) in [5.74, 6) is -2.30. The fourth-order valence-electron chi connectivity index (χ4n) is 2.29. The van der Waals surface area contributed by atoms with Gasteiger partial charge in [-0.15, -0.1) is 0 Å². The van der Waals surface area contributed by atoms with Crippen LogP contribution in [0.3, 0.4) is 0 Å². The van der Waals surface area contributed by atoms with E-state index in [0.717, 1.165) is 16.4 Å². The van der Waals surface area contributed by atoms with E-state index in [1.54, 1.807) is 0 Å². The fraction of sp³-hybridized carbons (Fsp3) is 0.500. The fourth-order valence-corrected chi connectivity index (χ4v) is 3.97. The van der Waals surface area contributed by atoms with Crippen molar-refractivity contribution in [3.8, 4) is 0 Å². The highest BCUT2D eigenvalue weighted by atomic mass is 32.2. The van der Waals surface area contributed by atoms with Crippen molar-refractivity contribution in [3.05, 3.63) is 23.8 Å². The number of nitrogens with zero attached hydrogens (tertiary/aromatic N) is 1. The molecule has 0 amide bonds. The Morgan fingerprint density at radius 2 is 2.00 bits per heavy atom. The Kier molecular flexibility index (Phi) is 3.74. The molecule has 1 aliphatic heterocycles. The largest absolute Gasteiger partial charge is 0.394 e. The Hall–Kier alpha value is -1.25. The van der Waals surface area contributed by atoms with Crippen LogP contribution in [0.15, 0.2) is 17.0 Å². The smallest absolute Gasteiger partial charge is 0.246 e. The zero-order valence-electron chi connectivity index (χ0n) is 10.9. The van der Waals surface area contributed by atoms with Gasteiger partial charge in [-0.2, -0.15) is 4.31 Å². The first-order chi connectivity index (χ1) is 9.21. The number of nitrogens with two attached hydrogens (primary N) is 1. The van der Waals surface area contributed by atoms with E-state index in [2.05, 4.69) is 0 Å². The van der Waals surface area contributed by atoms with Crippen molar-refractivity contribution in [2.24, 2.45) is 0 Å². The zero-order valence-corrected chi connectivity index (χ0v) is 11.8. The normalized spacial score (nSPS) is 18.8. The molecule has 0 aliphatic carbocycles. The minimum atomic E-state index is -4.11. The lowest BCUT2D eigenvalue weighted by atomic mass is 9.92. The summed E-state index contributed by atoms with van der Waals surface area (Å²) in [7, 11) is -4.11. The van der Waals surface area contributed by atoms with Gasteiger partial charge in [0.1, 0.15) is 16.4 Å². The summed E-state index contributed by atoms with van der Waals surface area (Å²) in [5, 5.41) is 9.97. The van der Waals surface area contributed by atoms with Gasteiger partial charge < -0.3 is 10.8 Å². The number of sulfonamides is 1. The third kappa shape index (κ3) is 2.38. The molecule has 1 aromatic rings. The van der Waals surface area contributed by atoms with Gasteiger partial charge in [0, 0.05) is 13.1 Å². The highest BCUT2D eigenvalue weighted by Crippen LogP contribution is 2.33. The lowest BCUT2D eigenvalue weighted by Crippen LogP contribution is -2.63. The van der Waals surface area contributed by atoms with Gasteiger partial charge in [-0.1, -0.05) is 13.3 Å². The molecule has 0 spiro atoms. The number of nitrogen functional groups attached to an aromatic ring is 1. The maximum absolute atomic E-state index is 13.8. The van der Waals surface area contributed by atoms with E-state index in [1.807, 2.05) is 6.92 Å². The zero-order chi connectivity index (χ0) is 15.1. The highest BCUT2D eigenvalue weighted by Gasteiger charge is 2.47. The second-order valence-corrected chi connectivity index (χ2v) is 6.93. The molecule has 8 heteroatoms. The molecule has 5 nitrogen and oxygen atoms in total. The molecule has 1 aromatic carbocycles. The van der Waals surface area contributed by atoms with Crippen molar-refractivity contribution in [2.75, 3.05) is 18.8 Å². The van der Waals surface area contributed by atoms with E-state index in [9.17, 15) is 22.3 Å². The van der Waals surface area contributed by atoms with Crippen LogP contribution in [0.4, 0.5) is 14.5 Å². The number of β-amino-alcohol motifs (C(OH)–C–C–N with tert-alkyl or cyclic N) is 1. The van der Waals surface area contributed by atoms with Gasteiger partial charge in [0.2, 0.25) is 10.0 Å². The molecule has 3 N–H and O–H groups in total. The average Bonchev–Trinajstić information content (AvgIpc) is 2.33. The second-order valence-electron chi connectivity index (χ2n) is 5.02. The summed E-state index contributed by atoms with van der Waals surface area (Å²) < 4.78 is 52.2. The molecule has 0 radical (unpaired) electrons. The third-order valence-electron chi connectivity index (χ3n) is 3.37. The van der Waals surface area contributed by atoms with Gasteiger partial charge >= 0.3 is 0 Å². The molecule has 2 rings (SSSR count). The molecule has 1 aliphatic rings. The van der Waals surface area contributed by atoms with Crippen LogP contribution in [0.2, 0.25) is 0 Å². The standard InChI is InChI=1S/C12H16F2N2O3S/c1-2-5-12(17)6-16(7-12)20(18,19)9-4-3-8(13)11(15)10(9)14/h3-4,17H,2,5-7,15H2,1H3. The monoisotopic (exact) mass is 306 g/mol. The van der Waals surface area contributed by atoms with E-state index < -0.39 is 37.8 Å². The van der Waals surface area contributed by atoms with Crippen molar-refractivity contribution in [1.82, 2.24) is 4.31 Å². The number of rotatable bonds is 4. The van der Waals surface area contributed by atoms with Crippen LogP contribution < -0.4 is 5.73 Å². The van der Waals surface area contributed by atoms with Gasteiger partial charge in [0.05, 0.1) is 5.60 Å². The van der Waals surface area contributed by atoms with Crippen molar-refractivity contribution in [1.29, 1.82) is 0 Å². The first-order valence-corrected chi connectivity index (χ1v) is 7.61. The predicted molar refractivity (Wildman–Crippen MR) is 69.4 cm³/mol. The summed E-state index contributed by atoms with van der Waals surface area (Å²) in [6, 6.07) is 1.65. The number of anilines is 1. The van der Waals surface area contributed by atoms with Crippen LogP contribution in [-0.2, 0) is 10.0 Å². The summed E-state index contributed by atoms with van der Waals surface area (Å²) in [4.78, 5) is -0.671. The van der Waals surface area contributed by atoms with Crippen LogP contribution in [0.5, 0.6) is 0 Å². The first-order valence-electron chi connectivity index (χ1n) is 6.17. The predicted octanol–water partition coefficient (Wildman–Crippen LogP) is 1.08. The summed E-state index contributed by atoms with van der Waals surface area (Å²) in [5.41, 5.74) is 3.27. The molecule has 0 saturated carbocycles. The van der Waals surface area contributed by atoms with Gasteiger partial charge in [0.15, 0.2) is 5.82 Å². The summed E-state index contributed by atoms with van der Waals surface area (Å²) in [6.45, 7) is 1.68. The van der Waals surface area contributed by atoms with Crippen LogP contribution in [0.25, 0.3) is 0 Å². The molecule has 0 atom stereocenters. The van der Waals surface area contributed by atoms with Crippen LogP contribution >= 0.6 is 0 Å². The van der Waals surface area contributed by atoms with E-state index >= 15 is 0 Å². The molecular weight excluding hydrogens is 290 g/mol. The quantitative estimate of drug-likeness (QED) is 0.815. The van der Waals surface area contributed by atoms with Crippen LogP contribution in [0, 0.1) is 11.6 Å². The average molecular weight is 306 g/mol. The van der Waals surface area contributed by atoms with Crippen LogP contribution in [-0.4, -0.2) is 36.5 Å². The van der Waals surface area contributed by atoms with E-state index in [1.165, 1.54) is 0 Å². The number of hydrogen-bond acceptors (Lipinski definition) is 4. The molecule has 0 aromatic heterocycles. The van der Waals surface area contributed by atoms with E-state index in [-0.39, 0.29) is 13.1 Å². The van der Waals surface area contributed by atoms with Gasteiger partial charge in [-0.3, -0.25) is 0 Å². The maximum Gasteiger partial charge on any atom is 0.246 e. The Morgan fingerprint density at radius 3 is 2.55 bits per heavy atom. The summed E-state index contributed by atoms with van der Waals surface area (Å²) >= 11 is 0. The molecule has 1 saturated heterocycles. The number of aliphatic hydroxyl groups is 1. The van der Waals surface area contributed by atoms with Crippen molar-refractivity contribution in [2.45, 2.75) is 30.3 Å². The summed E-state index contributed by atoms with van der Waals surface area (Å²) in [6.07, 6.45) is 1.18. The lowest BCUT2D eigenvalue weighted by Gasteiger charge is -2.45. The van der Waals surface area contributed by atoms with Gasteiger partial charge in [-0.25, -0.2) is 17.2 Å². The topological polar surface area (TPSA) is 83.6 Å². The van der Waals surface area contributed by atoms with Crippen molar-refractivity contribution in [3.63, 3.8) is 0 Å². The molecule has 20 heavy (non-hydrogen) atoms. The van der Waals surface area contributed by atoms with Gasteiger partial charge in [0.25, 0.3) is 0 Å². The first kappa shape index (κ1) is 15.1. The number of halogens is 2. The Morgan fingerprint density at radius 1 is 1.40 bits per heavy atom. The third-order valence-corrected chi connectivity index (χ3v) is 5.17. The van der Waals surface area contributed by atoms with E-state index in [0.29, 0.717) is 12.8 Å². The Balaban J connectivity index is 2.28. The minimum Gasteiger partial charge on any atom is -0.394 e. The molecule has 1 fully saturated rings. The molecule has 1 heterocycles. The molecule has 0 bridgehead atoms. The molecule has 112 valence electrons. The number of hydrogen-bond donors (Lipinski definition) is 2. The molecule has 0 unspecified atom stereocenters. The molecular formula is C12H16F2N2O3S. The maximum atomic E-state index is 13.8. The Bertz CT molecular complexity index is 628. The SMILES string of the molecule is CCCC1(O)CN(S(=O)(=O)c2ccc(F)c(N)c2F)C1. The lowest BCUT2D eigenvalue weighted by molar-refractivity contribution is -0.0653. The van der Waals surface area contributed by atoms with Crippen molar-refractivity contribution < 1.29 is 22.3 Å². The van der Waals surface area contributed by atoms with Gasteiger partial charge in [-0.05, 0) is 18.6 Å². The van der Waals surface area contributed by atoms with Crippen molar-refractivity contribution >= 4 is 15.7 Å². The van der Waals surface area contributed by atoms with E-state index in [4.69, 9.17) is 5.73 Å². The highest BCUT2D eigenvalue weighted by molar-refractivity contribution is 7.89.